The number of hydrogen-bond acceptors (Lipinski definition) is 1. The third-order valence-corrected chi connectivity index (χ3v) is 3.00. The molecule has 0 aliphatic carbocycles. The number of carbonyl (C=O) groups is 1. The van der Waals surface area contributed by atoms with Gasteiger partial charge < -0.3 is 0 Å². The van der Waals surface area contributed by atoms with Gasteiger partial charge in [-0.15, -0.1) is 0 Å². The maximum Gasteiger partial charge on any atom is 0.144 e. The highest BCUT2D eigenvalue weighted by atomic mass is 16.1. The van der Waals surface area contributed by atoms with Crippen LogP contribution in [0.5, 0.6) is 0 Å². The van der Waals surface area contributed by atoms with Crippen molar-refractivity contribution in [3.63, 3.8) is 0 Å². The van der Waals surface area contributed by atoms with Gasteiger partial charge in [-0.1, -0.05) is 67.6 Å². The molecule has 0 bridgehead atoms. The van der Waals surface area contributed by atoms with Crippen LogP contribution in [0.1, 0.15) is 24.0 Å². The molecule has 1 atom stereocenters. The van der Waals surface area contributed by atoms with Crippen molar-refractivity contribution in [3.8, 4) is 0 Å². The summed E-state index contributed by atoms with van der Waals surface area (Å²) in [4.78, 5) is 12.1. The molecule has 0 saturated carbocycles. The van der Waals surface area contributed by atoms with E-state index in [0.717, 1.165) is 11.1 Å². The van der Waals surface area contributed by atoms with Crippen LogP contribution in [0, 0.1) is 0 Å². The van der Waals surface area contributed by atoms with Gasteiger partial charge in [0.25, 0.3) is 0 Å². The number of ketones is 1. The van der Waals surface area contributed by atoms with Crippen LogP contribution in [0.2, 0.25) is 0 Å². The van der Waals surface area contributed by atoms with Gasteiger partial charge in [-0.05, 0) is 11.1 Å². The van der Waals surface area contributed by atoms with E-state index in [2.05, 4.69) is 0 Å². The lowest BCUT2D eigenvalue weighted by Gasteiger charge is -2.10. The van der Waals surface area contributed by atoms with Crippen molar-refractivity contribution in [1.29, 1.82) is 0 Å². The Balaban J connectivity index is 2.06. The largest absolute Gasteiger partial charge is 0.299 e. The summed E-state index contributed by atoms with van der Waals surface area (Å²) in [6, 6.07) is 19.8. The Morgan fingerprint density at radius 1 is 0.941 bits per heavy atom. The van der Waals surface area contributed by atoms with Gasteiger partial charge in [-0.3, -0.25) is 4.79 Å². The van der Waals surface area contributed by atoms with E-state index in [1.54, 1.807) is 0 Å². The molecule has 0 saturated heterocycles. The third kappa shape index (κ3) is 3.04. The molecular formula is C16H16O. The Morgan fingerprint density at radius 2 is 1.47 bits per heavy atom. The minimum absolute atomic E-state index is 0.0311. The van der Waals surface area contributed by atoms with E-state index >= 15 is 0 Å². The molecule has 1 unspecified atom stereocenters. The van der Waals surface area contributed by atoms with Crippen LogP contribution in [0.3, 0.4) is 0 Å². The highest BCUT2D eigenvalue weighted by Crippen LogP contribution is 2.17. The molecule has 0 heterocycles. The van der Waals surface area contributed by atoms with Gasteiger partial charge >= 0.3 is 0 Å². The molecule has 2 rings (SSSR count). The van der Waals surface area contributed by atoms with Crippen LogP contribution in [-0.4, -0.2) is 5.78 Å². The molecule has 0 N–H and O–H groups in total. The van der Waals surface area contributed by atoms with Crippen molar-refractivity contribution >= 4 is 5.78 Å². The fraction of sp³-hybridized carbons (Fsp3) is 0.188. The minimum atomic E-state index is -0.0311. The molecular weight excluding hydrogens is 208 g/mol. The van der Waals surface area contributed by atoms with E-state index in [9.17, 15) is 4.79 Å². The Hall–Kier alpha value is -1.89. The molecule has 0 amide bonds. The number of Topliss-reactive ketones (excluding diaryl/α,β-unsaturated/α-hetero) is 1. The molecule has 0 aliphatic rings. The smallest absolute Gasteiger partial charge is 0.144 e. The van der Waals surface area contributed by atoms with Crippen LogP contribution in [0.25, 0.3) is 0 Å². The maximum absolute atomic E-state index is 12.1. The summed E-state index contributed by atoms with van der Waals surface area (Å²) in [6.45, 7) is 1.97. The summed E-state index contributed by atoms with van der Waals surface area (Å²) < 4.78 is 0. The number of benzene rings is 2. The van der Waals surface area contributed by atoms with Gasteiger partial charge in [0.1, 0.15) is 5.78 Å². The van der Waals surface area contributed by atoms with Crippen molar-refractivity contribution in [3.05, 3.63) is 71.8 Å². The van der Waals surface area contributed by atoms with E-state index in [4.69, 9.17) is 0 Å². The van der Waals surface area contributed by atoms with E-state index in [0.29, 0.717) is 6.42 Å². The van der Waals surface area contributed by atoms with Crippen molar-refractivity contribution in [2.24, 2.45) is 0 Å². The minimum Gasteiger partial charge on any atom is -0.299 e. The molecule has 2 aromatic rings. The van der Waals surface area contributed by atoms with Crippen LogP contribution >= 0.6 is 0 Å². The van der Waals surface area contributed by atoms with Crippen LogP contribution in [0.15, 0.2) is 60.7 Å². The topological polar surface area (TPSA) is 17.1 Å². The predicted molar refractivity (Wildman–Crippen MR) is 70.0 cm³/mol. The van der Waals surface area contributed by atoms with Crippen molar-refractivity contribution in [1.82, 2.24) is 0 Å². The van der Waals surface area contributed by atoms with Crippen molar-refractivity contribution in [2.45, 2.75) is 19.3 Å². The first kappa shape index (κ1) is 11.6. The lowest BCUT2D eigenvalue weighted by molar-refractivity contribution is -0.119. The summed E-state index contributed by atoms with van der Waals surface area (Å²) in [6.07, 6.45) is 0.511. The quantitative estimate of drug-likeness (QED) is 0.775. The van der Waals surface area contributed by atoms with E-state index in [-0.39, 0.29) is 11.7 Å². The lowest BCUT2D eigenvalue weighted by Crippen LogP contribution is -2.11. The summed E-state index contributed by atoms with van der Waals surface area (Å²) >= 11 is 0. The Kier molecular flexibility index (Phi) is 3.71. The van der Waals surface area contributed by atoms with Crippen molar-refractivity contribution in [2.75, 3.05) is 0 Å². The molecule has 0 aromatic heterocycles. The highest BCUT2D eigenvalue weighted by Gasteiger charge is 2.14. The highest BCUT2D eigenvalue weighted by molar-refractivity contribution is 5.87. The lowest BCUT2D eigenvalue weighted by atomic mass is 9.93. The molecule has 0 radical (unpaired) electrons. The molecule has 17 heavy (non-hydrogen) atoms. The summed E-state index contributed by atoms with van der Waals surface area (Å²) in [5.74, 6) is 0.235. The SMILES string of the molecule is CC(C(=O)Cc1ccccc1)c1ccccc1. The molecule has 0 fully saturated rings. The number of hydrogen-bond donors (Lipinski definition) is 0. The first-order valence-corrected chi connectivity index (χ1v) is 5.89. The molecule has 1 nitrogen and oxygen atoms in total. The normalized spacial score (nSPS) is 12.1. The Bertz CT molecular complexity index is 473. The molecule has 86 valence electrons. The maximum atomic E-state index is 12.1. The summed E-state index contributed by atoms with van der Waals surface area (Å²) in [7, 11) is 0. The molecule has 0 aliphatic heterocycles. The van der Waals surface area contributed by atoms with Gasteiger partial charge in [0, 0.05) is 12.3 Å². The van der Waals surface area contributed by atoms with Gasteiger partial charge in [0.05, 0.1) is 0 Å². The zero-order chi connectivity index (χ0) is 12.1. The zero-order valence-electron chi connectivity index (χ0n) is 9.97. The molecule has 1 heteroatoms. The predicted octanol–water partition coefficient (Wildman–Crippen LogP) is 3.60. The van der Waals surface area contributed by atoms with E-state index in [1.165, 1.54) is 0 Å². The Morgan fingerprint density at radius 3 is 2.06 bits per heavy atom. The van der Waals surface area contributed by atoms with E-state index in [1.807, 2.05) is 67.6 Å². The monoisotopic (exact) mass is 224 g/mol. The van der Waals surface area contributed by atoms with Crippen LogP contribution in [-0.2, 0) is 11.2 Å². The first-order valence-electron chi connectivity index (χ1n) is 5.89. The van der Waals surface area contributed by atoms with Crippen molar-refractivity contribution < 1.29 is 4.79 Å². The van der Waals surface area contributed by atoms with Gasteiger partial charge in [-0.25, -0.2) is 0 Å². The second kappa shape index (κ2) is 5.44. The van der Waals surface area contributed by atoms with Crippen LogP contribution in [0.4, 0.5) is 0 Å². The molecule has 2 aromatic carbocycles. The van der Waals surface area contributed by atoms with Gasteiger partial charge in [0.15, 0.2) is 0 Å². The zero-order valence-corrected chi connectivity index (χ0v) is 9.97. The average Bonchev–Trinajstić information content (AvgIpc) is 2.40. The fourth-order valence-electron chi connectivity index (χ4n) is 1.88. The standard InChI is InChI=1S/C16H16O/c1-13(15-10-6-3-7-11-15)16(17)12-14-8-4-2-5-9-14/h2-11,13H,12H2,1H3. The third-order valence-electron chi connectivity index (χ3n) is 3.00. The van der Waals surface area contributed by atoms with Gasteiger partial charge in [0.2, 0.25) is 0 Å². The number of rotatable bonds is 4. The Labute approximate surface area is 102 Å². The summed E-state index contributed by atoms with van der Waals surface area (Å²) in [5, 5.41) is 0. The summed E-state index contributed by atoms with van der Waals surface area (Å²) in [5.41, 5.74) is 2.17. The number of carbonyl (C=O) groups excluding carboxylic acids is 1. The van der Waals surface area contributed by atoms with E-state index < -0.39 is 0 Å². The average molecular weight is 224 g/mol. The van der Waals surface area contributed by atoms with Crippen LogP contribution < -0.4 is 0 Å². The second-order valence-electron chi connectivity index (χ2n) is 4.26. The second-order valence-corrected chi connectivity index (χ2v) is 4.26. The van der Waals surface area contributed by atoms with Gasteiger partial charge in [-0.2, -0.15) is 0 Å². The first-order chi connectivity index (χ1) is 8.27. The molecule has 0 spiro atoms. The fourth-order valence-corrected chi connectivity index (χ4v) is 1.88.